The number of amides is 1. The van der Waals surface area contributed by atoms with Crippen LogP contribution in [0, 0.1) is 0 Å². The first-order valence-corrected chi connectivity index (χ1v) is 11.2. The lowest BCUT2D eigenvalue weighted by Gasteiger charge is -2.25. The van der Waals surface area contributed by atoms with E-state index >= 15 is 0 Å². The largest absolute Gasteiger partial charge is 0.505 e. The molecule has 168 valence electrons. The van der Waals surface area contributed by atoms with Crippen molar-refractivity contribution in [2.24, 2.45) is 0 Å². The SMILES string of the molecule is O=C(Nc1cccc2nc[nH]c(=O)c12)c1cc(Cl)c(O)c(Cl)c1.c1ccc(C2CCC2)cc1. The maximum Gasteiger partial charge on any atom is 0.260 e. The van der Waals surface area contributed by atoms with Gasteiger partial charge in [0, 0.05) is 5.56 Å². The highest BCUT2D eigenvalue weighted by Gasteiger charge is 2.18. The standard InChI is InChI=1S/C15H9Cl2N3O3.C10H12/c16-8-4-7(5-9(17)13(8)21)14(22)20-11-3-1-2-10-12(11)15(23)19-6-18-10;1-2-5-9(6-3-1)10-7-4-8-10/h1-6,21H,(H,20,22)(H,18,19,23);1-3,5-6,10H,4,7-8H2. The minimum atomic E-state index is -0.524. The smallest absolute Gasteiger partial charge is 0.260 e. The number of fused-ring (bicyclic) bond motifs is 1. The number of carbonyl (C=O) groups excluding carboxylic acids is 1. The fraction of sp³-hybridized carbons (Fsp3) is 0.160. The Labute approximate surface area is 200 Å². The van der Waals surface area contributed by atoms with Crippen LogP contribution in [-0.2, 0) is 0 Å². The molecule has 1 heterocycles. The molecule has 3 N–H and O–H groups in total. The number of nitrogens with one attached hydrogen (secondary N) is 2. The molecule has 0 unspecified atom stereocenters. The Morgan fingerprint density at radius 3 is 2.36 bits per heavy atom. The summed E-state index contributed by atoms with van der Waals surface area (Å²) in [5.74, 6) is 0.0708. The van der Waals surface area contributed by atoms with Gasteiger partial charge in [-0.15, -0.1) is 0 Å². The van der Waals surface area contributed by atoms with Crippen molar-refractivity contribution in [2.45, 2.75) is 25.2 Å². The molecule has 1 fully saturated rings. The van der Waals surface area contributed by atoms with Gasteiger partial charge < -0.3 is 15.4 Å². The average Bonchev–Trinajstić information content (AvgIpc) is 2.77. The fourth-order valence-electron chi connectivity index (χ4n) is 3.58. The molecule has 1 saturated carbocycles. The zero-order chi connectivity index (χ0) is 23.4. The number of H-pyrrole nitrogens is 1. The van der Waals surface area contributed by atoms with Crippen LogP contribution in [0.2, 0.25) is 10.0 Å². The van der Waals surface area contributed by atoms with E-state index in [2.05, 4.69) is 45.6 Å². The minimum absolute atomic E-state index is 0.0416. The Morgan fingerprint density at radius 2 is 1.73 bits per heavy atom. The maximum absolute atomic E-state index is 12.3. The summed E-state index contributed by atoms with van der Waals surface area (Å²) in [5, 5.41) is 12.3. The zero-order valence-corrected chi connectivity index (χ0v) is 19.0. The number of aromatic hydroxyl groups is 1. The highest BCUT2D eigenvalue weighted by molar-refractivity contribution is 6.37. The van der Waals surface area contributed by atoms with Crippen molar-refractivity contribution in [3.8, 4) is 5.75 Å². The van der Waals surface area contributed by atoms with Crippen LogP contribution >= 0.6 is 23.2 Å². The molecule has 1 aliphatic rings. The third-order valence-electron chi connectivity index (χ3n) is 5.57. The van der Waals surface area contributed by atoms with E-state index in [-0.39, 0.29) is 32.3 Å². The number of phenolic OH excluding ortho intramolecular Hbond substituents is 1. The summed E-state index contributed by atoms with van der Waals surface area (Å²) in [4.78, 5) is 30.8. The van der Waals surface area contributed by atoms with Crippen molar-refractivity contribution in [3.63, 3.8) is 0 Å². The summed E-state index contributed by atoms with van der Waals surface area (Å²) in [7, 11) is 0. The van der Waals surface area contributed by atoms with Gasteiger partial charge in [0.25, 0.3) is 11.5 Å². The Morgan fingerprint density at radius 1 is 1.03 bits per heavy atom. The second-order valence-electron chi connectivity index (χ2n) is 7.71. The average molecular weight is 482 g/mol. The van der Waals surface area contributed by atoms with Crippen molar-refractivity contribution in [3.05, 3.63) is 98.5 Å². The molecule has 1 aromatic heterocycles. The maximum atomic E-state index is 12.3. The molecule has 1 aliphatic carbocycles. The highest BCUT2D eigenvalue weighted by Crippen LogP contribution is 2.36. The van der Waals surface area contributed by atoms with Gasteiger partial charge in [-0.05, 0) is 48.6 Å². The number of phenols is 1. The number of halogens is 2. The molecule has 0 atom stereocenters. The summed E-state index contributed by atoms with van der Waals surface area (Å²) in [6.45, 7) is 0. The topological polar surface area (TPSA) is 95.1 Å². The van der Waals surface area contributed by atoms with Crippen LogP contribution in [0.1, 0.15) is 41.1 Å². The van der Waals surface area contributed by atoms with E-state index in [1.807, 2.05) is 0 Å². The van der Waals surface area contributed by atoms with Crippen LogP contribution < -0.4 is 10.9 Å². The second-order valence-corrected chi connectivity index (χ2v) is 8.53. The molecule has 0 spiro atoms. The van der Waals surface area contributed by atoms with E-state index in [0.29, 0.717) is 11.2 Å². The van der Waals surface area contributed by atoms with E-state index in [9.17, 15) is 14.7 Å². The van der Waals surface area contributed by atoms with Crippen LogP contribution in [-0.4, -0.2) is 21.0 Å². The summed E-state index contributed by atoms with van der Waals surface area (Å²) in [6.07, 6.45) is 5.53. The molecule has 6 nitrogen and oxygen atoms in total. The van der Waals surface area contributed by atoms with Crippen LogP contribution in [0.25, 0.3) is 10.9 Å². The van der Waals surface area contributed by atoms with E-state index in [1.165, 1.54) is 43.3 Å². The lowest BCUT2D eigenvalue weighted by molar-refractivity contribution is 0.102. The van der Waals surface area contributed by atoms with Crippen LogP contribution in [0.15, 0.2) is 71.8 Å². The van der Waals surface area contributed by atoms with Gasteiger partial charge in [0.05, 0.1) is 33.0 Å². The van der Waals surface area contributed by atoms with Crippen molar-refractivity contribution >= 4 is 45.7 Å². The number of rotatable bonds is 3. The molecule has 4 aromatic rings. The van der Waals surface area contributed by atoms with Crippen molar-refractivity contribution in [1.82, 2.24) is 9.97 Å². The van der Waals surface area contributed by atoms with Crippen molar-refractivity contribution in [2.75, 3.05) is 5.32 Å². The Hall–Kier alpha value is -3.35. The number of hydrogen-bond donors (Lipinski definition) is 3. The molecular formula is C25H21Cl2N3O3. The van der Waals surface area contributed by atoms with E-state index in [0.717, 1.165) is 5.92 Å². The van der Waals surface area contributed by atoms with Crippen LogP contribution in [0.3, 0.4) is 0 Å². The number of nitrogens with zero attached hydrogens (tertiary/aromatic N) is 1. The van der Waals surface area contributed by atoms with Gasteiger partial charge in [-0.25, -0.2) is 4.98 Å². The fourth-order valence-corrected chi connectivity index (χ4v) is 4.07. The number of carbonyl (C=O) groups is 1. The molecule has 1 amide bonds. The number of benzene rings is 3. The highest BCUT2D eigenvalue weighted by atomic mass is 35.5. The van der Waals surface area contributed by atoms with Crippen LogP contribution in [0.5, 0.6) is 5.75 Å². The Kier molecular flexibility index (Phi) is 6.96. The zero-order valence-electron chi connectivity index (χ0n) is 17.5. The van der Waals surface area contributed by atoms with E-state index < -0.39 is 5.91 Å². The lowest BCUT2D eigenvalue weighted by atomic mass is 9.80. The quantitative estimate of drug-likeness (QED) is 0.327. The van der Waals surface area contributed by atoms with Gasteiger partial charge >= 0.3 is 0 Å². The molecule has 33 heavy (non-hydrogen) atoms. The molecule has 0 radical (unpaired) electrons. The molecule has 8 heteroatoms. The first-order valence-electron chi connectivity index (χ1n) is 10.4. The van der Waals surface area contributed by atoms with Gasteiger partial charge in [0.15, 0.2) is 5.75 Å². The third kappa shape index (κ3) is 5.18. The number of aromatic amines is 1. The third-order valence-corrected chi connectivity index (χ3v) is 6.15. The Bertz CT molecular complexity index is 1320. The summed E-state index contributed by atoms with van der Waals surface area (Å²) < 4.78 is 0. The Balaban J connectivity index is 0.000000214. The van der Waals surface area contributed by atoms with E-state index in [4.69, 9.17) is 23.2 Å². The monoisotopic (exact) mass is 481 g/mol. The first kappa shape index (κ1) is 22.8. The number of hydrogen-bond acceptors (Lipinski definition) is 4. The van der Waals surface area contributed by atoms with Gasteiger partial charge in [-0.2, -0.15) is 0 Å². The van der Waals surface area contributed by atoms with Gasteiger partial charge in [0.1, 0.15) is 0 Å². The van der Waals surface area contributed by atoms with Crippen molar-refractivity contribution in [1.29, 1.82) is 0 Å². The van der Waals surface area contributed by atoms with E-state index in [1.54, 1.807) is 18.2 Å². The lowest BCUT2D eigenvalue weighted by Crippen LogP contribution is -2.15. The predicted octanol–water partition coefficient (Wildman–Crippen LogP) is 6.14. The van der Waals surface area contributed by atoms with Gasteiger partial charge in [-0.1, -0.05) is 66.0 Å². The van der Waals surface area contributed by atoms with Gasteiger partial charge in [-0.3, -0.25) is 9.59 Å². The normalized spacial score (nSPS) is 13.0. The number of aromatic nitrogens is 2. The molecule has 0 saturated heterocycles. The summed E-state index contributed by atoms with van der Waals surface area (Å²) in [6, 6.07) is 18.3. The predicted molar refractivity (Wildman–Crippen MR) is 131 cm³/mol. The first-order chi connectivity index (χ1) is 15.9. The van der Waals surface area contributed by atoms with Crippen molar-refractivity contribution < 1.29 is 9.90 Å². The van der Waals surface area contributed by atoms with Gasteiger partial charge in [0.2, 0.25) is 0 Å². The second kappa shape index (κ2) is 10.1. The summed E-state index contributed by atoms with van der Waals surface area (Å²) in [5.41, 5.74) is 2.08. The molecule has 5 rings (SSSR count). The van der Waals surface area contributed by atoms with Crippen LogP contribution in [0.4, 0.5) is 5.69 Å². The molecule has 0 bridgehead atoms. The molecule has 0 aliphatic heterocycles. The molecular weight excluding hydrogens is 461 g/mol. The minimum Gasteiger partial charge on any atom is -0.505 e. The number of anilines is 1. The summed E-state index contributed by atoms with van der Waals surface area (Å²) >= 11 is 11.6. The molecule has 3 aromatic carbocycles.